The van der Waals surface area contributed by atoms with Gasteiger partial charge in [0.25, 0.3) is 0 Å². The number of imidazole rings is 1. The maximum absolute atomic E-state index is 10.6. The summed E-state index contributed by atoms with van der Waals surface area (Å²) in [6, 6.07) is 7.60. The zero-order valence-corrected chi connectivity index (χ0v) is 12.3. The number of carbonyl (C=O) groups is 1. The molecule has 8 heteroatoms. The Morgan fingerprint density at radius 2 is 2.14 bits per heavy atom. The van der Waals surface area contributed by atoms with Crippen molar-refractivity contribution in [1.82, 2.24) is 19.9 Å². The first-order valence-corrected chi connectivity index (χ1v) is 7.21. The number of rotatable bonds is 4. The van der Waals surface area contributed by atoms with E-state index in [1.165, 1.54) is 0 Å². The Balaban J connectivity index is 2.21. The molecule has 2 aromatic heterocycles. The highest BCUT2D eigenvalue weighted by atomic mass is 35.5. The van der Waals surface area contributed by atoms with Crippen LogP contribution >= 0.6 is 11.6 Å². The van der Waals surface area contributed by atoms with Gasteiger partial charge in [-0.1, -0.05) is 18.2 Å². The van der Waals surface area contributed by atoms with Crippen molar-refractivity contribution >= 4 is 45.4 Å². The molecule has 2 heterocycles. The summed E-state index contributed by atoms with van der Waals surface area (Å²) >= 11 is 5.97. The van der Waals surface area contributed by atoms with Gasteiger partial charge in [0, 0.05) is 18.5 Å². The number of pyridine rings is 1. The highest BCUT2D eigenvalue weighted by Crippen LogP contribution is 2.29. The number of anilines is 1. The summed E-state index contributed by atoms with van der Waals surface area (Å²) in [5.74, 6) is 1.17. The summed E-state index contributed by atoms with van der Waals surface area (Å²) in [5, 5.41) is 12.0. The van der Waals surface area contributed by atoms with E-state index in [1.807, 2.05) is 28.8 Å². The number of hydrogen-bond acceptors (Lipinski definition) is 4. The summed E-state index contributed by atoms with van der Waals surface area (Å²) in [5.41, 5.74) is 8.17. The lowest BCUT2D eigenvalue weighted by molar-refractivity contribution is 0.194. The average molecular weight is 320 g/mol. The van der Waals surface area contributed by atoms with Crippen LogP contribution in [0.1, 0.15) is 5.82 Å². The standard InChI is InChI=1S/C14H14ClN5O2/c15-7-10-19-11-12(20(10)6-5-17-14(21)22)8-3-1-2-4-9(8)18-13(11)16/h1-4,17H,5-7H2,(H2,16,18)(H,21,22). The molecule has 0 aliphatic rings. The maximum Gasteiger partial charge on any atom is 0.404 e. The third-order valence-corrected chi connectivity index (χ3v) is 3.66. The van der Waals surface area contributed by atoms with Crippen LogP contribution in [0.5, 0.6) is 0 Å². The van der Waals surface area contributed by atoms with E-state index < -0.39 is 6.09 Å². The van der Waals surface area contributed by atoms with Gasteiger partial charge < -0.3 is 20.7 Å². The number of carboxylic acid groups (broad SMARTS) is 1. The Morgan fingerprint density at radius 1 is 1.36 bits per heavy atom. The maximum atomic E-state index is 10.6. The lowest BCUT2D eigenvalue weighted by Gasteiger charge is -2.09. The Morgan fingerprint density at radius 3 is 2.86 bits per heavy atom. The number of fused-ring (bicyclic) bond motifs is 3. The van der Waals surface area contributed by atoms with E-state index in [-0.39, 0.29) is 12.4 Å². The number of benzene rings is 1. The van der Waals surface area contributed by atoms with Crippen molar-refractivity contribution < 1.29 is 9.90 Å². The third kappa shape index (κ3) is 2.39. The van der Waals surface area contributed by atoms with Gasteiger partial charge in [-0.25, -0.2) is 14.8 Å². The fraction of sp³-hybridized carbons (Fsp3) is 0.214. The van der Waals surface area contributed by atoms with E-state index in [1.54, 1.807) is 0 Å². The van der Waals surface area contributed by atoms with Crippen molar-refractivity contribution in [2.45, 2.75) is 12.4 Å². The molecule has 4 N–H and O–H groups in total. The summed E-state index contributed by atoms with van der Waals surface area (Å²) < 4.78 is 1.89. The molecule has 114 valence electrons. The van der Waals surface area contributed by atoms with Crippen molar-refractivity contribution in [1.29, 1.82) is 0 Å². The van der Waals surface area contributed by atoms with Gasteiger partial charge in [-0.3, -0.25) is 0 Å². The minimum Gasteiger partial charge on any atom is -0.465 e. The van der Waals surface area contributed by atoms with E-state index in [9.17, 15) is 4.79 Å². The van der Waals surface area contributed by atoms with E-state index in [0.29, 0.717) is 23.7 Å². The number of amides is 1. The van der Waals surface area contributed by atoms with Gasteiger partial charge in [0.1, 0.15) is 11.3 Å². The second-order valence-corrected chi connectivity index (χ2v) is 5.02. The third-order valence-electron chi connectivity index (χ3n) is 3.42. The van der Waals surface area contributed by atoms with Crippen LogP contribution in [0.15, 0.2) is 24.3 Å². The minimum absolute atomic E-state index is 0.204. The van der Waals surface area contributed by atoms with Gasteiger partial charge in [-0.05, 0) is 6.07 Å². The number of nitrogen functional groups attached to an aromatic ring is 1. The molecular formula is C14H14ClN5O2. The largest absolute Gasteiger partial charge is 0.465 e. The summed E-state index contributed by atoms with van der Waals surface area (Å²) in [4.78, 5) is 19.4. The number of nitrogens with two attached hydrogens (primary N) is 1. The summed E-state index contributed by atoms with van der Waals surface area (Å²) in [6.07, 6.45) is -1.07. The molecule has 7 nitrogen and oxygen atoms in total. The minimum atomic E-state index is -1.07. The van der Waals surface area contributed by atoms with E-state index in [4.69, 9.17) is 22.4 Å². The molecule has 0 fully saturated rings. The SMILES string of the molecule is Nc1nc2ccccc2c2c1nc(CCl)n2CCNC(=O)O. The van der Waals surface area contributed by atoms with Gasteiger partial charge in [0.15, 0.2) is 5.82 Å². The number of halogens is 1. The number of nitrogens with one attached hydrogen (secondary N) is 1. The molecule has 0 atom stereocenters. The van der Waals surface area contributed by atoms with E-state index in [2.05, 4.69) is 15.3 Å². The van der Waals surface area contributed by atoms with Crippen LogP contribution in [0.25, 0.3) is 21.9 Å². The molecule has 0 aliphatic carbocycles. The molecule has 1 aromatic carbocycles. The predicted octanol–water partition coefficient (Wildman–Crippen LogP) is 2.17. The first-order chi connectivity index (χ1) is 10.6. The predicted molar refractivity (Wildman–Crippen MR) is 85.0 cm³/mol. The molecular weight excluding hydrogens is 306 g/mol. The van der Waals surface area contributed by atoms with Crippen LogP contribution in [-0.4, -0.2) is 32.3 Å². The summed E-state index contributed by atoms with van der Waals surface area (Å²) in [6.45, 7) is 0.666. The first kappa shape index (κ1) is 14.4. The smallest absolute Gasteiger partial charge is 0.404 e. The van der Waals surface area contributed by atoms with Gasteiger partial charge in [-0.2, -0.15) is 0 Å². The number of aromatic nitrogens is 3. The first-order valence-electron chi connectivity index (χ1n) is 6.68. The van der Waals surface area contributed by atoms with Crippen molar-refractivity contribution in [3.05, 3.63) is 30.1 Å². The van der Waals surface area contributed by atoms with Crippen LogP contribution in [-0.2, 0) is 12.4 Å². The second-order valence-electron chi connectivity index (χ2n) is 4.76. The Kier molecular flexibility index (Phi) is 3.72. The van der Waals surface area contributed by atoms with Gasteiger partial charge in [0.2, 0.25) is 0 Å². The fourth-order valence-corrected chi connectivity index (χ4v) is 2.73. The lowest BCUT2D eigenvalue weighted by atomic mass is 10.2. The van der Waals surface area contributed by atoms with Crippen LogP contribution in [0.4, 0.5) is 10.6 Å². The number of para-hydroxylation sites is 1. The average Bonchev–Trinajstić information content (AvgIpc) is 2.87. The molecule has 0 unspecified atom stereocenters. The number of nitrogens with zero attached hydrogens (tertiary/aromatic N) is 3. The Hall–Kier alpha value is -2.54. The molecule has 0 spiro atoms. The quantitative estimate of drug-likeness (QED) is 0.639. The van der Waals surface area contributed by atoms with Gasteiger partial charge in [-0.15, -0.1) is 11.6 Å². The molecule has 0 radical (unpaired) electrons. The van der Waals surface area contributed by atoms with E-state index >= 15 is 0 Å². The lowest BCUT2D eigenvalue weighted by Crippen LogP contribution is -2.25. The van der Waals surface area contributed by atoms with Crippen molar-refractivity contribution in [2.75, 3.05) is 12.3 Å². The van der Waals surface area contributed by atoms with Crippen molar-refractivity contribution in [3.63, 3.8) is 0 Å². The zero-order chi connectivity index (χ0) is 15.7. The number of hydrogen-bond donors (Lipinski definition) is 3. The number of alkyl halides is 1. The highest BCUT2D eigenvalue weighted by Gasteiger charge is 2.16. The molecule has 3 aromatic rings. The van der Waals surface area contributed by atoms with Crippen LogP contribution in [0, 0.1) is 0 Å². The van der Waals surface area contributed by atoms with Crippen LogP contribution < -0.4 is 11.1 Å². The van der Waals surface area contributed by atoms with Gasteiger partial charge in [0.05, 0.1) is 16.9 Å². The summed E-state index contributed by atoms with van der Waals surface area (Å²) in [7, 11) is 0. The topological polar surface area (TPSA) is 106 Å². The van der Waals surface area contributed by atoms with Crippen LogP contribution in [0.3, 0.4) is 0 Å². The molecule has 0 saturated carbocycles. The van der Waals surface area contributed by atoms with Crippen molar-refractivity contribution in [2.24, 2.45) is 0 Å². The monoisotopic (exact) mass is 319 g/mol. The van der Waals surface area contributed by atoms with Crippen LogP contribution in [0.2, 0.25) is 0 Å². The molecule has 1 amide bonds. The van der Waals surface area contributed by atoms with E-state index in [0.717, 1.165) is 16.4 Å². The Labute approximate surface area is 130 Å². The highest BCUT2D eigenvalue weighted by molar-refractivity contribution is 6.17. The molecule has 0 bridgehead atoms. The fourth-order valence-electron chi connectivity index (χ4n) is 2.52. The molecule has 3 rings (SSSR count). The molecule has 0 aliphatic heterocycles. The van der Waals surface area contributed by atoms with Gasteiger partial charge >= 0.3 is 6.09 Å². The Bertz CT molecular complexity index is 861. The molecule has 22 heavy (non-hydrogen) atoms. The molecule has 0 saturated heterocycles. The van der Waals surface area contributed by atoms with Crippen molar-refractivity contribution in [3.8, 4) is 0 Å². The zero-order valence-electron chi connectivity index (χ0n) is 11.6. The normalized spacial score (nSPS) is 11.1. The second kappa shape index (κ2) is 5.69.